The Hall–Kier alpha value is -1.36. The molecule has 0 amide bonds. The van der Waals surface area contributed by atoms with Gasteiger partial charge in [0.2, 0.25) is 0 Å². The summed E-state index contributed by atoms with van der Waals surface area (Å²) in [5.41, 5.74) is 0.742. The Morgan fingerprint density at radius 3 is 2.06 bits per heavy atom. The zero-order valence-corrected chi connectivity index (χ0v) is 10.8. The van der Waals surface area contributed by atoms with E-state index in [1.807, 2.05) is 0 Å². The van der Waals surface area contributed by atoms with Crippen LogP contribution in [0.2, 0.25) is 0 Å². The van der Waals surface area contributed by atoms with Crippen molar-refractivity contribution in [2.75, 3.05) is 0 Å². The van der Waals surface area contributed by atoms with Crippen LogP contribution in [0.25, 0.3) is 0 Å². The maximum Gasteiger partial charge on any atom is 0.123 e. The Labute approximate surface area is 103 Å². The third-order valence-electron chi connectivity index (χ3n) is 3.83. The summed E-state index contributed by atoms with van der Waals surface area (Å²) in [5, 5.41) is 9.47. The minimum Gasteiger partial charge on any atom is -0.207 e. The van der Waals surface area contributed by atoms with Gasteiger partial charge in [-0.2, -0.15) is 5.26 Å². The van der Waals surface area contributed by atoms with Crippen molar-refractivity contribution in [2.45, 2.75) is 46.0 Å². The first-order valence-electron chi connectivity index (χ1n) is 6.30. The number of halogens is 1. The maximum absolute atomic E-state index is 12.9. The van der Waals surface area contributed by atoms with Crippen LogP contribution in [0.15, 0.2) is 24.3 Å². The summed E-state index contributed by atoms with van der Waals surface area (Å²) in [6.07, 6.45) is 2.56. The lowest BCUT2D eigenvalue weighted by Gasteiger charge is -2.33. The number of nitriles is 1. The molecule has 0 aromatic heterocycles. The molecule has 0 aliphatic heterocycles. The van der Waals surface area contributed by atoms with Gasteiger partial charge < -0.3 is 0 Å². The van der Waals surface area contributed by atoms with Crippen molar-refractivity contribution < 1.29 is 4.39 Å². The quantitative estimate of drug-likeness (QED) is 0.726. The van der Waals surface area contributed by atoms with Crippen LogP contribution in [0.1, 0.15) is 51.5 Å². The predicted molar refractivity (Wildman–Crippen MR) is 68.1 cm³/mol. The van der Waals surface area contributed by atoms with Crippen LogP contribution in [0.5, 0.6) is 0 Å². The second-order valence-electron chi connectivity index (χ2n) is 4.49. The van der Waals surface area contributed by atoms with Crippen molar-refractivity contribution in [3.8, 4) is 6.07 Å². The molecule has 1 nitrogen and oxygen atoms in total. The Bertz CT molecular complexity index is 384. The summed E-state index contributed by atoms with van der Waals surface area (Å²) in [7, 11) is 0. The molecule has 1 atom stereocenters. The van der Waals surface area contributed by atoms with Gasteiger partial charge in [0, 0.05) is 5.92 Å². The summed E-state index contributed by atoms with van der Waals surface area (Å²) in [5.74, 6) is -0.0396. The van der Waals surface area contributed by atoms with Gasteiger partial charge in [0.05, 0.1) is 11.5 Å². The highest BCUT2D eigenvalue weighted by molar-refractivity contribution is 5.25. The van der Waals surface area contributed by atoms with E-state index in [2.05, 4.69) is 26.8 Å². The molecule has 0 fully saturated rings. The summed E-state index contributed by atoms with van der Waals surface area (Å²) >= 11 is 0. The second-order valence-corrected chi connectivity index (χ2v) is 4.49. The van der Waals surface area contributed by atoms with Gasteiger partial charge in [-0.05, 0) is 37.0 Å². The summed E-state index contributed by atoms with van der Waals surface area (Å²) < 4.78 is 12.9. The molecule has 0 bridgehead atoms. The van der Waals surface area contributed by atoms with Gasteiger partial charge in [-0.1, -0.05) is 32.9 Å². The normalized spacial score (nSPS) is 13.1. The van der Waals surface area contributed by atoms with Gasteiger partial charge in [-0.15, -0.1) is 0 Å². The van der Waals surface area contributed by atoms with E-state index in [-0.39, 0.29) is 17.2 Å². The summed E-state index contributed by atoms with van der Waals surface area (Å²) in [4.78, 5) is 0. The summed E-state index contributed by atoms with van der Waals surface area (Å²) in [6.45, 7) is 6.20. The Morgan fingerprint density at radius 1 is 1.18 bits per heavy atom. The molecule has 0 spiro atoms. The van der Waals surface area contributed by atoms with Crippen molar-refractivity contribution in [3.05, 3.63) is 35.6 Å². The van der Waals surface area contributed by atoms with E-state index in [0.717, 1.165) is 24.8 Å². The van der Waals surface area contributed by atoms with E-state index in [4.69, 9.17) is 0 Å². The maximum atomic E-state index is 12.9. The molecule has 17 heavy (non-hydrogen) atoms. The molecule has 92 valence electrons. The number of rotatable bonds is 5. The van der Waals surface area contributed by atoms with Crippen LogP contribution in [0.3, 0.4) is 0 Å². The lowest BCUT2D eigenvalue weighted by molar-refractivity contribution is 0.282. The Balaban J connectivity index is 3.14. The van der Waals surface area contributed by atoms with Gasteiger partial charge in [0.1, 0.15) is 5.82 Å². The topological polar surface area (TPSA) is 23.8 Å². The molecule has 0 aliphatic carbocycles. The first-order valence-corrected chi connectivity index (χ1v) is 6.30. The van der Waals surface area contributed by atoms with E-state index < -0.39 is 0 Å². The van der Waals surface area contributed by atoms with Crippen molar-refractivity contribution in [1.82, 2.24) is 0 Å². The van der Waals surface area contributed by atoms with E-state index in [1.54, 1.807) is 12.1 Å². The Kier molecular flexibility index (Phi) is 4.69. The van der Waals surface area contributed by atoms with Crippen LogP contribution in [-0.2, 0) is 0 Å². The standard InChI is InChI=1S/C15H20FN/c1-4-14(15(5-2,6-3)11-17)12-7-9-13(16)10-8-12/h7-10,14H,4-6H2,1-3H3/t14-/m0/s1. The molecular formula is C15H20FN. The molecule has 1 aromatic rings. The van der Waals surface area contributed by atoms with Crippen molar-refractivity contribution in [1.29, 1.82) is 5.26 Å². The smallest absolute Gasteiger partial charge is 0.123 e. The van der Waals surface area contributed by atoms with Crippen LogP contribution < -0.4 is 0 Å². The number of nitrogens with zero attached hydrogens (tertiary/aromatic N) is 1. The number of benzene rings is 1. The fourth-order valence-electron chi connectivity index (χ4n) is 2.62. The van der Waals surface area contributed by atoms with E-state index in [1.165, 1.54) is 12.1 Å². The predicted octanol–water partition coefficient (Wildman–Crippen LogP) is 4.65. The monoisotopic (exact) mass is 233 g/mol. The minimum atomic E-state index is -0.327. The van der Waals surface area contributed by atoms with Crippen LogP contribution >= 0.6 is 0 Å². The van der Waals surface area contributed by atoms with E-state index in [0.29, 0.717) is 0 Å². The van der Waals surface area contributed by atoms with Gasteiger partial charge in [0.15, 0.2) is 0 Å². The van der Waals surface area contributed by atoms with Gasteiger partial charge in [-0.25, -0.2) is 4.39 Å². The highest BCUT2D eigenvalue weighted by atomic mass is 19.1. The lowest BCUT2D eigenvalue weighted by Crippen LogP contribution is -2.25. The molecule has 0 radical (unpaired) electrons. The zero-order valence-electron chi connectivity index (χ0n) is 10.8. The average molecular weight is 233 g/mol. The molecule has 0 unspecified atom stereocenters. The molecule has 1 aromatic carbocycles. The molecular weight excluding hydrogens is 213 g/mol. The molecule has 0 saturated carbocycles. The highest BCUT2D eigenvalue weighted by Crippen LogP contribution is 2.43. The van der Waals surface area contributed by atoms with E-state index in [9.17, 15) is 9.65 Å². The number of hydrogen-bond acceptors (Lipinski definition) is 1. The van der Waals surface area contributed by atoms with Gasteiger partial charge >= 0.3 is 0 Å². The third-order valence-corrected chi connectivity index (χ3v) is 3.83. The molecule has 0 aliphatic rings. The van der Waals surface area contributed by atoms with Crippen molar-refractivity contribution in [3.63, 3.8) is 0 Å². The first kappa shape index (κ1) is 13.7. The number of hydrogen-bond donors (Lipinski definition) is 0. The lowest BCUT2D eigenvalue weighted by atomic mass is 9.68. The SMILES string of the molecule is CC[C@@H](c1ccc(F)cc1)C(C#N)(CC)CC. The minimum absolute atomic E-state index is 0.183. The van der Waals surface area contributed by atoms with Gasteiger partial charge in [0.25, 0.3) is 0 Å². The molecule has 2 heteroatoms. The fourth-order valence-corrected chi connectivity index (χ4v) is 2.62. The van der Waals surface area contributed by atoms with Crippen molar-refractivity contribution in [2.24, 2.45) is 5.41 Å². The Morgan fingerprint density at radius 2 is 1.71 bits per heavy atom. The van der Waals surface area contributed by atoms with Crippen LogP contribution in [0, 0.1) is 22.6 Å². The van der Waals surface area contributed by atoms with Crippen LogP contribution in [-0.4, -0.2) is 0 Å². The van der Waals surface area contributed by atoms with Crippen molar-refractivity contribution >= 4 is 0 Å². The second kappa shape index (κ2) is 5.82. The molecule has 0 saturated heterocycles. The van der Waals surface area contributed by atoms with Crippen LogP contribution in [0.4, 0.5) is 4.39 Å². The molecule has 1 rings (SSSR count). The first-order chi connectivity index (χ1) is 8.13. The fraction of sp³-hybridized carbons (Fsp3) is 0.533. The van der Waals surface area contributed by atoms with Gasteiger partial charge in [-0.3, -0.25) is 0 Å². The highest BCUT2D eigenvalue weighted by Gasteiger charge is 2.35. The molecule has 0 N–H and O–H groups in total. The zero-order chi connectivity index (χ0) is 12.9. The summed E-state index contributed by atoms with van der Waals surface area (Å²) in [6, 6.07) is 9.05. The third kappa shape index (κ3) is 2.66. The average Bonchev–Trinajstić information content (AvgIpc) is 2.38. The van der Waals surface area contributed by atoms with E-state index >= 15 is 0 Å². The largest absolute Gasteiger partial charge is 0.207 e. The molecule has 0 heterocycles.